The molecular weight excluding hydrogens is 277 g/mol. The summed E-state index contributed by atoms with van der Waals surface area (Å²) in [5.74, 6) is 0.338. The van der Waals surface area contributed by atoms with Crippen LogP contribution < -0.4 is 5.73 Å². The number of anilines is 1. The van der Waals surface area contributed by atoms with Crippen LogP contribution in [0.15, 0.2) is 24.4 Å². The molecule has 0 atom stereocenters. The Kier molecular flexibility index (Phi) is 2.30. The van der Waals surface area contributed by atoms with E-state index in [1.54, 1.807) is 6.20 Å². The van der Waals surface area contributed by atoms with Crippen LogP contribution in [-0.2, 0) is 4.43 Å². The van der Waals surface area contributed by atoms with Gasteiger partial charge in [-0.15, -0.1) is 0 Å². The van der Waals surface area contributed by atoms with Gasteiger partial charge in [-0.25, -0.2) is 9.97 Å². The van der Waals surface area contributed by atoms with E-state index in [1.165, 1.54) is 5.56 Å². The van der Waals surface area contributed by atoms with Gasteiger partial charge < -0.3 is 5.73 Å². The Morgan fingerprint density at radius 3 is 3.00 bits per heavy atom. The zero-order chi connectivity index (χ0) is 9.26. The van der Waals surface area contributed by atoms with E-state index in [-0.39, 0.29) is 0 Å². The molecule has 13 heavy (non-hydrogen) atoms. The second-order valence-corrected chi connectivity index (χ2v) is 3.48. The van der Waals surface area contributed by atoms with Gasteiger partial charge in [-0.3, -0.25) is 0 Å². The van der Waals surface area contributed by atoms with E-state index < -0.39 is 0 Å². The quantitative estimate of drug-likeness (QED) is 0.645. The van der Waals surface area contributed by atoms with Crippen LogP contribution in [0.1, 0.15) is 5.56 Å². The highest BCUT2D eigenvalue weighted by atomic mass is 127. The molecule has 0 aliphatic heterocycles. The summed E-state index contributed by atoms with van der Waals surface area (Å²) in [5, 5.41) is 1.04. The predicted molar refractivity (Wildman–Crippen MR) is 61.7 cm³/mol. The van der Waals surface area contributed by atoms with Crippen molar-refractivity contribution in [3.05, 3.63) is 30.0 Å². The van der Waals surface area contributed by atoms with Crippen molar-refractivity contribution in [2.75, 3.05) is 5.73 Å². The van der Waals surface area contributed by atoms with E-state index in [2.05, 4.69) is 38.6 Å². The van der Waals surface area contributed by atoms with Crippen LogP contribution in [0.3, 0.4) is 0 Å². The highest BCUT2D eigenvalue weighted by Crippen LogP contribution is 2.18. The van der Waals surface area contributed by atoms with Crippen molar-refractivity contribution in [2.45, 2.75) is 4.43 Å². The van der Waals surface area contributed by atoms with Crippen molar-refractivity contribution < 1.29 is 0 Å². The third-order valence-electron chi connectivity index (χ3n) is 1.86. The molecule has 0 aliphatic carbocycles. The first-order chi connectivity index (χ1) is 6.31. The number of nitrogens with two attached hydrogens (primary N) is 1. The Bertz CT molecular complexity index is 442. The summed E-state index contributed by atoms with van der Waals surface area (Å²) in [7, 11) is 0. The monoisotopic (exact) mass is 285 g/mol. The molecule has 2 aromatic rings. The highest BCUT2D eigenvalue weighted by Gasteiger charge is 2.01. The number of nitrogens with zero attached hydrogens (tertiary/aromatic N) is 2. The second kappa shape index (κ2) is 3.45. The number of aromatic nitrogens is 2. The normalized spacial score (nSPS) is 10.5. The lowest BCUT2D eigenvalue weighted by Gasteiger charge is -2.01. The van der Waals surface area contributed by atoms with Gasteiger partial charge in [0, 0.05) is 16.0 Å². The summed E-state index contributed by atoms with van der Waals surface area (Å²) < 4.78 is 0.936. The van der Waals surface area contributed by atoms with Crippen molar-refractivity contribution in [2.24, 2.45) is 0 Å². The lowest BCUT2D eigenvalue weighted by molar-refractivity contribution is 1.23. The predicted octanol–water partition coefficient (Wildman–Crippen LogP) is 2.15. The smallest absolute Gasteiger partial charge is 0.220 e. The maximum Gasteiger partial charge on any atom is 0.220 e. The molecule has 0 spiro atoms. The van der Waals surface area contributed by atoms with Gasteiger partial charge in [-0.05, 0) is 5.56 Å². The van der Waals surface area contributed by atoms with Gasteiger partial charge >= 0.3 is 0 Å². The van der Waals surface area contributed by atoms with E-state index in [9.17, 15) is 0 Å². The van der Waals surface area contributed by atoms with E-state index >= 15 is 0 Å². The lowest BCUT2D eigenvalue weighted by atomic mass is 10.1. The van der Waals surface area contributed by atoms with Crippen LogP contribution in [0.4, 0.5) is 5.95 Å². The van der Waals surface area contributed by atoms with Gasteiger partial charge in [0.25, 0.3) is 0 Å². The molecule has 0 saturated carbocycles. The second-order valence-electron chi connectivity index (χ2n) is 2.72. The number of alkyl halides is 1. The average molecular weight is 285 g/mol. The molecule has 0 aliphatic rings. The Balaban J connectivity index is 2.79. The number of fused-ring (bicyclic) bond motifs is 1. The fourth-order valence-corrected chi connectivity index (χ4v) is 1.85. The molecule has 3 nitrogen and oxygen atoms in total. The van der Waals surface area contributed by atoms with Crippen molar-refractivity contribution >= 4 is 39.4 Å². The Labute approximate surface area is 89.5 Å². The zero-order valence-electron chi connectivity index (χ0n) is 6.87. The summed E-state index contributed by atoms with van der Waals surface area (Å²) in [4.78, 5) is 8.16. The van der Waals surface area contributed by atoms with Crippen molar-refractivity contribution in [1.29, 1.82) is 0 Å². The molecule has 0 amide bonds. The molecule has 0 radical (unpaired) electrons. The maximum atomic E-state index is 5.52. The van der Waals surface area contributed by atoms with Gasteiger partial charge in [0.05, 0.1) is 5.52 Å². The van der Waals surface area contributed by atoms with Crippen molar-refractivity contribution in [3.8, 4) is 0 Å². The Morgan fingerprint density at radius 1 is 1.38 bits per heavy atom. The number of para-hydroxylation sites is 1. The van der Waals surface area contributed by atoms with Crippen LogP contribution in [0.2, 0.25) is 0 Å². The Hall–Kier alpha value is -0.910. The topological polar surface area (TPSA) is 51.8 Å². The molecule has 1 heterocycles. The molecule has 1 aromatic carbocycles. The van der Waals surface area contributed by atoms with Gasteiger partial charge in [0.1, 0.15) is 0 Å². The number of nitrogen functional groups attached to an aromatic ring is 1. The van der Waals surface area contributed by atoms with Crippen LogP contribution in [0.25, 0.3) is 10.9 Å². The third-order valence-corrected chi connectivity index (χ3v) is 2.68. The molecule has 0 fully saturated rings. The summed E-state index contributed by atoms with van der Waals surface area (Å²) in [6.45, 7) is 0. The summed E-state index contributed by atoms with van der Waals surface area (Å²) in [6.07, 6.45) is 1.76. The van der Waals surface area contributed by atoms with Crippen LogP contribution >= 0.6 is 22.6 Å². The first-order valence-corrected chi connectivity index (χ1v) is 5.40. The van der Waals surface area contributed by atoms with Gasteiger partial charge in [-0.1, -0.05) is 40.8 Å². The molecule has 4 heteroatoms. The SMILES string of the molecule is Nc1ncc2cccc(CI)c2n1. The van der Waals surface area contributed by atoms with Crippen LogP contribution in [-0.4, -0.2) is 9.97 Å². The average Bonchev–Trinajstić information content (AvgIpc) is 2.17. The van der Waals surface area contributed by atoms with Gasteiger partial charge in [0.2, 0.25) is 5.95 Å². The number of rotatable bonds is 1. The minimum Gasteiger partial charge on any atom is -0.368 e. The fraction of sp³-hybridized carbons (Fsp3) is 0.111. The van der Waals surface area contributed by atoms with Crippen molar-refractivity contribution in [1.82, 2.24) is 9.97 Å². The minimum atomic E-state index is 0.338. The molecule has 66 valence electrons. The lowest BCUT2D eigenvalue weighted by Crippen LogP contribution is -1.95. The van der Waals surface area contributed by atoms with Crippen molar-refractivity contribution in [3.63, 3.8) is 0 Å². The first kappa shape index (κ1) is 8.68. The van der Waals surface area contributed by atoms with Gasteiger partial charge in [-0.2, -0.15) is 0 Å². The number of hydrogen-bond acceptors (Lipinski definition) is 3. The maximum absolute atomic E-state index is 5.52. The highest BCUT2D eigenvalue weighted by molar-refractivity contribution is 14.1. The number of benzene rings is 1. The number of halogens is 1. The van der Waals surface area contributed by atoms with E-state index in [0.717, 1.165) is 15.3 Å². The largest absolute Gasteiger partial charge is 0.368 e. The summed E-state index contributed by atoms with van der Waals surface area (Å²) in [5.41, 5.74) is 7.69. The Morgan fingerprint density at radius 2 is 2.23 bits per heavy atom. The molecule has 2 N–H and O–H groups in total. The standard InChI is InChI=1S/C9H8IN3/c10-4-6-2-1-3-7-5-12-9(11)13-8(6)7/h1-3,5H,4H2,(H2,11,12,13). The molecular formula is C9H8IN3. The summed E-state index contributed by atoms with van der Waals surface area (Å²) >= 11 is 2.31. The minimum absolute atomic E-state index is 0.338. The summed E-state index contributed by atoms with van der Waals surface area (Å²) in [6, 6.07) is 6.06. The zero-order valence-corrected chi connectivity index (χ0v) is 9.02. The number of hydrogen-bond donors (Lipinski definition) is 1. The van der Waals surface area contributed by atoms with Crippen LogP contribution in [0, 0.1) is 0 Å². The fourth-order valence-electron chi connectivity index (χ4n) is 1.24. The van der Waals surface area contributed by atoms with Crippen LogP contribution in [0.5, 0.6) is 0 Å². The van der Waals surface area contributed by atoms with E-state index in [0.29, 0.717) is 5.95 Å². The third kappa shape index (κ3) is 1.58. The molecule has 1 aromatic heterocycles. The van der Waals surface area contributed by atoms with E-state index in [1.807, 2.05) is 12.1 Å². The first-order valence-electron chi connectivity index (χ1n) is 3.87. The molecule has 0 unspecified atom stereocenters. The van der Waals surface area contributed by atoms with E-state index in [4.69, 9.17) is 5.73 Å². The van der Waals surface area contributed by atoms with Gasteiger partial charge in [0.15, 0.2) is 0 Å². The molecule has 0 bridgehead atoms. The molecule has 2 rings (SSSR count). The molecule has 0 saturated heterocycles.